The van der Waals surface area contributed by atoms with Crippen LogP contribution in [0.15, 0.2) is 53.6 Å². The van der Waals surface area contributed by atoms with Crippen LogP contribution in [0.3, 0.4) is 0 Å². The Morgan fingerprint density at radius 3 is 2.78 bits per heavy atom. The molecule has 1 amide bonds. The lowest BCUT2D eigenvalue weighted by atomic mass is 9.89. The molecule has 0 bridgehead atoms. The number of anilines is 1. The summed E-state index contributed by atoms with van der Waals surface area (Å²) >= 11 is 0. The molecule has 4 aliphatic rings. The second-order valence-electron chi connectivity index (χ2n) is 8.94. The third-order valence-corrected chi connectivity index (χ3v) is 6.74. The third-order valence-electron chi connectivity index (χ3n) is 6.74. The first-order valence-corrected chi connectivity index (χ1v) is 11.3. The monoisotopic (exact) mass is 427 g/mol. The molecule has 3 heterocycles. The Bertz CT molecular complexity index is 1250. The number of ether oxygens (including phenoxy) is 2. The Hall–Kier alpha value is -3.46. The minimum atomic E-state index is 0.0485. The number of aromatic nitrogens is 1. The number of piperidine rings is 1. The second kappa shape index (κ2) is 7.59. The number of hydrogen-bond donors (Lipinski definition) is 1. The van der Waals surface area contributed by atoms with Gasteiger partial charge in [-0.3, -0.25) is 4.79 Å². The molecule has 2 unspecified atom stereocenters. The summed E-state index contributed by atoms with van der Waals surface area (Å²) in [7, 11) is 1.66. The Kier molecular flexibility index (Phi) is 4.57. The highest BCUT2D eigenvalue weighted by Gasteiger charge is 2.40. The molecule has 1 saturated carbocycles. The normalized spacial score (nSPS) is 24.2. The van der Waals surface area contributed by atoms with E-state index >= 15 is 0 Å². The highest BCUT2D eigenvalue weighted by molar-refractivity contribution is 5.95. The fourth-order valence-corrected chi connectivity index (χ4v) is 4.84. The molecular formula is C26H25N3O3. The van der Waals surface area contributed by atoms with Gasteiger partial charge in [-0.25, -0.2) is 4.98 Å². The molecule has 32 heavy (non-hydrogen) atoms. The van der Waals surface area contributed by atoms with Gasteiger partial charge in [0.25, 0.3) is 0 Å². The standard InChI is InChI=1S/C26H25N3O3/c1-31-20-8-9-21-24(12-20)28-23(16-2-4-18(5-3-16)32-19-6-7-19)13-25(21)29-14-17-10-11-27-26(30)22(17)15-29/h2,4,8-9,12-13,17,19,22H,6-7,10-11,14-15H2,1H3,(H,27,30). The number of benzene rings is 1. The smallest absolute Gasteiger partial charge is 0.225 e. The summed E-state index contributed by atoms with van der Waals surface area (Å²) in [6.07, 6.45) is 7.52. The van der Waals surface area contributed by atoms with Crippen LogP contribution in [0, 0.1) is 11.8 Å². The van der Waals surface area contributed by atoms with Gasteiger partial charge in [0.2, 0.25) is 5.91 Å². The van der Waals surface area contributed by atoms with E-state index in [-0.39, 0.29) is 11.8 Å². The average molecular weight is 428 g/mol. The van der Waals surface area contributed by atoms with E-state index in [1.165, 1.54) is 0 Å². The quantitative estimate of drug-likeness (QED) is 0.739. The molecule has 2 aliphatic heterocycles. The molecule has 162 valence electrons. The first-order valence-electron chi connectivity index (χ1n) is 11.3. The predicted octanol–water partition coefficient (Wildman–Crippen LogP) is 3.59. The summed E-state index contributed by atoms with van der Waals surface area (Å²) in [6, 6.07) is 8.11. The third kappa shape index (κ3) is 3.48. The molecule has 0 radical (unpaired) electrons. The first-order chi connectivity index (χ1) is 15.7. The fraction of sp³-hybridized carbons (Fsp3) is 0.385. The highest BCUT2D eigenvalue weighted by atomic mass is 16.5. The summed E-state index contributed by atoms with van der Waals surface area (Å²) in [4.78, 5) is 19.7. The maximum atomic E-state index is 12.4. The van der Waals surface area contributed by atoms with E-state index in [1.807, 2.05) is 24.3 Å². The van der Waals surface area contributed by atoms with Crippen LogP contribution in [0.25, 0.3) is 16.5 Å². The summed E-state index contributed by atoms with van der Waals surface area (Å²) in [6.45, 7) is 2.38. The van der Waals surface area contributed by atoms with Crippen LogP contribution in [0.5, 0.6) is 5.75 Å². The van der Waals surface area contributed by atoms with Gasteiger partial charge < -0.3 is 19.7 Å². The van der Waals surface area contributed by atoms with E-state index in [0.29, 0.717) is 12.0 Å². The van der Waals surface area contributed by atoms with E-state index in [1.54, 1.807) is 7.11 Å². The number of carbonyl (C=O) groups excluding carboxylic acids is 1. The first kappa shape index (κ1) is 19.2. The Labute approximate surface area is 186 Å². The van der Waals surface area contributed by atoms with Crippen molar-refractivity contribution in [2.45, 2.75) is 25.4 Å². The lowest BCUT2D eigenvalue weighted by Crippen LogP contribution is -2.41. The average Bonchev–Trinajstić information content (AvgIpc) is 3.52. The van der Waals surface area contributed by atoms with E-state index in [9.17, 15) is 4.79 Å². The van der Waals surface area contributed by atoms with Crippen molar-refractivity contribution in [2.75, 3.05) is 31.6 Å². The van der Waals surface area contributed by atoms with Crippen molar-refractivity contribution < 1.29 is 14.3 Å². The molecule has 3 fully saturated rings. The lowest BCUT2D eigenvalue weighted by molar-refractivity contribution is -0.127. The molecule has 1 aromatic heterocycles. The van der Waals surface area contributed by atoms with Gasteiger partial charge in [0, 0.05) is 36.8 Å². The van der Waals surface area contributed by atoms with Crippen molar-refractivity contribution in [1.82, 2.24) is 10.3 Å². The number of fused-ring (bicyclic) bond motifs is 2. The van der Waals surface area contributed by atoms with Gasteiger partial charge in [-0.2, -0.15) is 0 Å². The summed E-state index contributed by atoms with van der Waals surface area (Å²) < 4.78 is 11.3. The number of rotatable bonds is 5. The summed E-state index contributed by atoms with van der Waals surface area (Å²) in [5.74, 6) is 2.12. The van der Waals surface area contributed by atoms with E-state index < -0.39 is 0 Å². The number of amides is 1. The van der Waals surface area contributed by atoms with E-state index in [0.717, 1.165) is 78.3 Å². The van der Waals surface area contributed by atoms with Crippen LogP contribution in [0.2, 0.25) is 0 Å². The number of pyridine rings is 1. The molecule has 6 nitrogen and oxygen atoms in total. The van der Waals surface area contributed by atoms with Gasteiger partial charge in [-0.05, 0) is 61.3 Å². The summed E-state index contributed by atoms with van der Waals surface area (Å²) in [5.41, 5.74) is 10.0. The van der Waals surface area contributed by atoms with Crippen molar-refractivity contribution in [3.05, 3.63) is 59.3 Å². The molecule has 1 N–H and O–H groups in total. The topological polar surface area (TPSA) is 63.7 Å². The summed E-state index contributed by atoms with van der Waals surface area (Å²) in [5, 5.41) is 4.08. The molecule has 6 rings (SSSR count). The highest BCUT2D eigenvalue weighted by Crippen LogP contribution is 2.38. The zero-order valence-corrected chi connectivity index (χ0v) is 18.1. The molecular weight excluding hydrogens is 402 g/mol. The van der Waals surface area contributed by atoms with Gasteiger partial charge in [0.15, 0.2) is 5.76 Å². The van der Waals surface area contributed by atoms with E-state index in [2.05, 4.69) is 33.8 Å². The molecule has 1 aromatic carbocycles. The lowest BCUT2D eigenvalue weighted by Gasteiger charge is -2.23. The zero-order valence-electron chi connectivity index (χ0n) is 18.1. The SMILES string of the molecule is COc1ccc2c(N3CC4CCNC(=O)C4C3)cc(C3=C=C=C(OC4CC4)C=C3)nc2c1. The largest absolute Gasteiger partial charge is 0.497 e. The predicted molar refractivity (Wildman–Crippen MR) is 122 cm³/mol. The van der Waals surface area contributed by atoms with Crippen LogP contribution in [-0.2, 0) is 9.53 Å². The van der Waals surface area contributed by atoms with Crippen molar-refractivity contribution in [1.29, 1.82) is 0 Å². The Morgan fingerprint density at radius 1 is 1.12 bits per heavy atom. The van der Waals surface area contributed by atoms with Gasteiger partial charge in [0.05, 0.1) is 35.9 Å². The fourth-order valence-electron chi connectivity index (χ4n) is 4.84. The zero-order chi connectivity index (χ0) is 21.7. The molecule has 0 spiro atoms. The van der Waals surface area contributed by atoms with Crippen LogP contribution < -0.4 is 15.0 Å². The van der Waals surface area contributed by atoms with Crippen molar-refractivity contribution in [3.63, 3.8) is 0 Å². The minimum Gasteiger partial charge on any atom is -0.497 e. The second-order valence-corrected chi connectivity index (χ2v) is 8.94. The van der Waals surface area contributed by atoms with Crippen LogP contribution in [-0.4, -0.2) is 43.7 Å². The molecule has 6 heteroatoms. The van der Waals surface area contributed by atoms with Gasteiger partial charge in [-0.15, -0.1) is 0 Å². The number of nitrogens with one attached hydrogen (secondary N) is 1. The number of nitrogens with zero attached hydrogens (tertiary/aromatic N) is 2. The van der Waals surface area contributed by atoms with Crippen LogP contribution in [0.4, 0.5) is 5.69 Å². The Morgan fingerprint density at radius 2 is 2.03 bits per heavy atom. The number of hydrogen-bond acceptors (Lipinski definition) is 5. The van der Waals surface area contributed by atoms with Crippen molar-refractivity contribution >= 4 is 28.1 Å². The van der Waals surface area contributed by atoms with Crippen molar-refractivity contribution in [2.24, 2.45) is 11.8 Å². The molecule has 2 atom stereocenters. The van der Waals surface area contributed by atoms with Gasteiger partial charge in [-0.1, -0.05) is 5.73 Å². The maximum Gasteiger partial charge on any atom is 0.225 e. The number of allylic oxidation sites excluding steroid dienone is 3. The van der Waals surface area contributed by atoms with Crippen molar-refractivity contribution in [3.8, 4) is 5.75 Å². The molecule has 2 saturated heterocycles. The van der Waals surface area contributed by atoms with Gasteiger partial charge >= 0.3 is 0 Å². The minimum absolute atomic E-state index is 0.0485. The number of methoxy groups -OCH3 is 1. The molecule has 2 aromatic rings. The number of carbonyl (C=O) groups is 1. The molecule has 2 aliphatic carbocycles. The Balaban J connectivity index is 1.43. The van der Waals surface area contributed by atoms with Gasteiger partial charge in [0.1, 0.15) is 5.75 Å². The van der Waals surface area contributed by atoms with E-state index in [4.69, 9.17) is 14.5 Å². The van der Waals surface area contributed by atoms with Crippen LogP contribution in [0.1, 0.15) is 25.0 Å². The maximum absolute atomic E-state index is 12.4. The van der Waals surface area contributed by atoms with Crippen LogP contribution >= 0.6 is 0 Å².